The molecule has 3 aromatic rings. The number of nitro benzene ring substituents is 1. The smallest absolute Gasteiger partial charge is 0.313 e. The van der Waals surface area contributed by atoms with Crippen LogP contribution in [0.3, 0.4) is 0 Å². The molecule has 0 aromatic heterocycles. The molecule has 0 atom stereocenters. The van der Waals surface area contributed by atoms with Crippen molar-refractivity contribution in [3.63, 3.8) is 0 Å². The summed E-state index contributed by atoms with van der Waals surface area (Å²) >= 11 is 1.12. The third kappa shape index (κ3) is 2.89. The SMILES string of the molecule is Cc1ccc(SOc2c([N+](=O)[O-])ccc3ccccc23)cc1. The van der Waals surface area contributed by atoms with Gasteiger partial charge in [-0.3, -0.25) is 10.1 Å². The first kappa shape index (κ1) is 14.4. The summed E-state index contributed by atoms with van der Waals surface area (Å²) < 4.78 is 5.71. The van der Waals surface area contributed by atoms with Crippen molar-refractivity contribution in [1.29, 1.82) is 0 Å². The zero-order valence-corrected chi connectivity index (χ0v) is 12.7. The Balaban J connectivity index is 1.98. The Hall–Kier alpha value is -2.53. The van der Waals surface area contributed by atoms with Crippen LogP contribution in [0.1, 0.15) is 5.56 Å². The summed E-state index contributed by atoms with van der Waals surface area (Å²) in [5.41, 5.74) is 1.12. The van der Waals surface area contributed by atoms with E-state index >= 15 is 0 Å². The number of benzene rings is 3. The second-order valence-corrected chi connectivity index (χ2v) is 5.68. The highest BCUT2D eigenvalue weighted by Gasteiger charge is 2.19. The molecule has 4 nitrogen and oxygen atoms in total. The zero-order valence-electron chi connectivity index (χ0n) is 11.9. The van der Waals surface area contributed by atoms with Crippen LogP contribution >= 0.6 is 12.0 Å². The Labute approximate surface area is 132 Å². The van der Waals surface area contributed by atoms with Gasteiger partial charge in [0, 0.05) is 16.3 Å². The van der Waals surface area contributed by atoms with Gasteiger partial charge in [-0.05, 0) is 30.5 Å². The summed E-state index contributed by atoms with van der Waals surface area (Å²) in [5, 5.41) is 12.9. The maximum absolute atomic E-state index is 11.2. The predicted molar refractivity (Wildman–Crippen MR) is 88.3 cm³/mol. The third-order valence-electron chi connectivity index (χ3n) is 3.30. The molecule has 5 heteroatoms. The van der Waals surface area contributed by atoms with Crippen molar-refractivity contribution in [2.24, 2.45) is 0 Å². The topological polar surface area (TPSA) is 52.4 Å². The van der Waals surface area contributed by atoms with Gasteiger partial charge in [0.2, 0.25) is 5.75 Å². The normalized spacial score (nSPS) is 10.6. The molecule has 110 valence electrons. The number of nitrogens with zero attached hydrogens (tertiary/aromatic N) is 1. The minimum absolute atomic E-state index is 0.0293. The molecule has 0 aliphatic carbocycles. The van der Waals surface area contributed by atoms with E-state index in [0.717, 1.165) is 33.3 Å². The largest absolute Gasteiger partial charge is 0.413 e. The maximum atomic E-state index is 11.2. The van der Waals surface area contributed by atoms with Gasteiger partial charge in [-0.1, -0.05) is 42.0 Å². The second kappa shape index (κ2) is 6.07. The maximum Gasteiger partial charge on any atom is 0.313 e. The lowest BCUT2D eigenvalue weighted by Crippen LogP contribution is -1.93. The summed E-state index contributed by atoms with van der Waals surface area (Å²) in [5.74, 6) is 0.286. The van der Waals surface area contributed by atoms with E-state index < -0.39 is 4.92 Å². The Morgan fingerprint density at radius 1 is 1.00 bits per heavy atom. The van der Waals surface area contributed by atoms with Crippen LogP contribution < -0.4 is 4.18 Å². The van der Waals surface area contributed by atoms with Crippen LogP contribution in [-0.4, -0.2) is 4.92 Å². The lowest BCUT2D eigenvalue weighted by atomic mass is 10.1. The van der Waals surface area contributed by atoms with E-state index in [-0.39, 0.29) is 11.4 Å². The fraction of sp³-hybridized carbons (Fsp3) is 0.0588. The van der Waals surface area contributed by atoms with E-state index in [1.54, 1.807) is 6.07 Å². The van der Waals surface area contributed by atoms with Crippen molar-refractivity contribution >= 4 is 28.5 Å². The first-order valence-electron chi connectivity index (χ1n) is 6.72. The van der Waals surface area contributed by atoms with Gasteiger partial charge in [-0.15, -0.1) is 0 Å². The molecule has 0 heterocycles. The van der Waals surface area contributed by atoms with Gasteiger partial charge in [0.05, 0.1) is 17.0 Å². The monoisotopic (exact) mass is 311 g/mol. The van der Waals surface area contributed by atoms with Crippen molar-refractivity contribution in [2.75, 3.05) is 0 Å². The van der Waals surface area contributed by atoms with Crippen LogP contribution in [0.4, 0.5) is 5.69 Å². The number of hydrogen-bond acceptors (Lipinski definition) is 4. The van der Waals surface area contributed by atoms with Gasteiger partial charge in [0.1, 0.15) is 0 Å². The van der Waals surface area contributed by atoms with Crippen LogP contribution in [0.2, 0.25) is 0 Å². The van der Waals surface area contributed by atoms with E-state index in [1.807, 2.05) is 55.5 Å². The predicted octanol–water partition coefficient (Wildman–Crippen LogP) is 5.14. The molecule has 0 saturated heterocycles. The standard InChI is InChI=1S/C17H13NO3S/c1-12-6-9-14(10-7-12)22-21-17-15-5-3-2-4-13(15)8-11-16(17)18(19)20/h2-11H,1H3. The Morgan fingerprint density at radius 2 is 1.73 bits per heavy atom. The van der Waals surface area contributed by atoms with Gasteiger partial charge >= 0.3 is 5.69 Å². The Morgan fingerprint density at radius 3 is 2.45 bits per heavy atom. The number of nitro groups is 1. The van der Waals surface area contributed by atoms with Gasteiger partial charge < -0.3 is 4.18 Å². The van der Waals surface area contributed by atoms with E-state index in [2.05, 4.69) is 0 Å². The van der Waals surface area contributed by atoms with Crippen LogP contribution in [0.15, 0.2) is 65.6 Å². The molecule has 0 aliphatic rings. The average Bonchev–Trinajstić information content (AvgIpc) is 2.53. The minimum Gasteiger partial charge on any atom is -0.413 e. The molecule has 3 aromatic carbocycles. The highest BCUT2D eigenvalue weighted by Crippen LogP contribution is 2.38. The molecule has 3 rings (SSSR count). The number of fused-ring (bicyclic) bond motifs is 1. The highest BCUT2D eigenvalue weighted by molar-refractivity contribution is 7.95. The van der Waals surface area contributed by atoms with Crippen molar-refractivity contribution < 1.29 is 9.11 Å². The first-order valence-corrected chi connectivity index (χ1v) is 7.46. The molecular formula is C17H13NO3S. The molecule has 0 radical (unpaired) electrons. The first-order chi connectivity index (χ1) is 10.6. The number of hydrogen-bond donors (Lipinski definition) is 0. The molecule has 0 bridgehead atoms. The summed E-state index contributed by atoms with van der Waals surface area (Å²) in [6, 6.07) is 18.5. The summed E-state index contributed by atoms with van der Waals surface area (Å²) in [7, 11) is 0. The third-order valence-corrected chi connectivity index (χ3v) is 4.01. The van der Waals surface area contributed by atoms with Gasteiger partial charge in [-0.2, -0.15) is 0 Å². The molecule has 0 fully saturated rings. The lowest BCUT2D eigenvalue weighted by molar-refractivity contribution is -0.385. The Bertz CT molecular complexity index is 831. The average molecular weight is 311 g/mol. The lowest BCUT2D eigenvalue weighted by Gasteiger charge is -2.08. The summed E-state index contributed by atoms with van der Waals surface area (Å²) in [6.07, 6.45) is 0. The van der Waals surface area contributed by atoms with E-state index in [4.69, 9.17) is 4.18 Å². The van der Waals surface area contributed by atoms with Crippen molar-refractivity contribution in [3.8, 4) is 5.75 Å². The molecule has 0 saturated carbocycles. The van der Waals surface area contributed by atoms with Crippen LogP contribution in [0, 0.1) is 17.0 Å². The molecule has 0 amide bonds. The van der Waals surface area contributed by atoms with Gasteiger partial charge in [-0.25, -0.2) is 0 Å². The van der Waals surface area contributed by atoms with Gasteiger partial charge in [0.25, 0.3) is 0 Å². The van der Waals surface area contributed by atoms with Crippen molar-refractivity contribution in [3.05, 3.63) is 76.3 Å². The molecule has 0 spiro atoms. The number of rotatable bonds is 4. The van der Waals surface area contributed by atoms with E-state index in [1.165, 1.54) is 6.07 Å². The van der Waals surface area contributed by atoms with Crippen LogP contribution in [0.5, 0.6) is 5.75 Å². The Kier molecular flexibility index (Phi) is 3.98. The van der Waals surface area contributed by atoms with E-state index in [9.17, 15) is 10.1 Å². The van der Waals surface area contributed by atoms with Crippen molar-refractivity contribution in [2.45, 2.75) is 11.8 Å². The minimum atomic E-state index is -0.419. The van der Waals surface area contributed by atoms with Crippen molar-refractivity contribution in [1.82, 2.24) is 0 Å². The second-order valence-electron chi connectivity index (χ2n) is 4.87. The zero-order chi connectivity index (χ0) is 15.5. The summed E-state index contributed by atoms with van der Waals surface area (Å²) in [4.78, 5) is 11.7. The molecule has 22 heavy (non-hydrogen) atoms. The molecular weight excluding hydrogens is 298 g/mol. The van der Waals surface area contributed by atoms with Crippen LogP contribution in [0.25, 0.3) is 10.8 Å². The fourth-order valence-corrected chi connectivity index (χ4v) is 2.75. The highest BCUT2D eigenvalue weighted by atomic mass is 32.2. The van der Waals surface area contributed by atoms with Crippen LogP contribution in [-0.2, 0) is 0 Å². The quantitative estimate of drug-likeness (QED) is 0.380. The molecule has 0 aliphatic heterocycles. The summed E-state index contributed by atoms with van der Waals surface area (Å²) in [6.45, 7) is 2.00. The number of aryl methyl sites for hydroxylation is 1. The fourth-order valence-electron chi connectivity index (χ4n) is 2.15. The molecule has 0 unspecified atom stereocenters. The van der Waals surface area contributed by atoms with Gasteiger partial charge in [0.15, 0.2) is 0 Å². The molecule has 0 N–H and O–H groups in total. The van der Waals surface area contributed by atoms with E-state index in [0.29, 0.717) is 0 Å².